The van der Waals surface area contributed by atoms with Crippen LogP contribution in [0.25, 0.3) is 0 Å². The molecular formula is C16H31N3O4. The van der Waals surface area contributed by atoms with Gasteiger partial charge in [-0.2, -0.15) is 0 Å². The standard InChI is InChI=1S/C16H31N3O4/c1-3-17-15(18-9-5-6-14(21)23-4-2)19-12-16(7-10-20)8-11-22-13-16/h20H,3-13H2,1-2H3,(H2,17,18,19). The van der Waals surface area contributed by atoms with Gasteiger partial charge in [0.25, 0.3) is 0 Å². The second-order valence-corrected chi connectivity index (χ2v) is 5.81. The summed E-state index contributed by atoms with van der Waals surface area (Å²) in [6.07, 6.45) is 2.74. The maximum atomic E-state index is 11.3. The van der Waals surface area contributed by atoms with Crippen molar-refractivity contribution in [2.45, 2.75) is 39.5 Å². The van der Waals surface area contributed by atoms with Crippen molar-refractivity contribution in [2.24, 2.45) is 10.4 Å². The van der Waals surface area contributed by atoms with Gasteiger partial charge in [0.05, 0.1) is 19.8 Å². The van der Waals surface area contributed by atoms with Crippen LogP contribution in [0.1, 0.15) is 39.5 Å². The molecule has 7 heteroatoms. The minimum absolute atomic E-state index is 0.0535. The van der Waals surface area contributed by atoms with Crippen molar-refractivity contribution in [1.82, 2.24) is 10.6 Å². The number of nitrogens with one attached hydrogen (secondary N) is 2. The zero-order valence-electron chi connectivity index (χ0n) is 14.4. The van der Waals surface area contributed by atoms with Crippen molar-refractivity contribution in [3.8, 4) is 0 Å². The zero-order valence-corrected chi connectivity index (χ0v) is 14.4. The Kier molecular flexibility index (Phi) is 9.63. The number of hydrogen-bond donors (Lipinski definition) is 3. The van der Waals surface area contributed by atoms with E-state index < -0.39 is 0 Å². The maximum absolute atomic E-state index is 11.3. The average molecular weight is 329 g/mol. The lowest BCUT2D eigenvalue weighted by Crippen LogP contribution is -2.39. The lowest BCUT2D eigenvalue weighted by Gasteiger charge is -2.24. The van der Waals surface area contributed by atoms with Gasteiger partial charge in [0.1, 0.15) is 0 Å². The van der Waals surface area contributed by atoms with Gasteiger partial charge in [0.2, 0.25) is 0 Å². The van der Waals surface area contributed by atoms with Gasteiger partial charge in [-0.3, -0.25) is 9.79 Å². The number of hydrogen-bond acceptors (Lipinski definition) is 5. The molecule has 1 aliphatic heterocycles. The van der Waals surface area contributed by atoms with Gasteiger partial charge < -0.3 is 25.2 Å². The van der Waals surface area contributed by atoms with Crippen LogP contribution in [0.5, 0.6) is 0 Å². The number of carbonyl (C=O) groups excluding carboxylic acids is 1. The molecule has 0 aromatic carbocycles. The lowest BCUT2D eigenvalue weighted by molar-refractivity contribution is -0.143. The van der Waals surface area contributed by atoms with Gasteiger partial charge in [0, 0.05) is 38.1 Å². The first-order valence-corrected chi connectivity index (χ1v) is 8.52. The number of nitrogens with zero attached hydrogens (tertiary/aromatic N) is 1. The SMILES string of the molecule is CCNC(=NCC1(CCO)CCOC1)NCCCC(=O)OCC. The van der Waals surface area contributed by atoms with Gasteiger partial charge in [-0.25, -0.2) is 0 Å². The van der Waals surface area contributed by atoms with E-state index in [2.05, 4.69) is 15.6 Å². The number of rotatable bonds is 10. The molecule has 1 atom stereocenters. The lowest BCUT2D eigenvalue weighted by atomic mass is 9.84. The van der Waals surface area contributed by atoms with Crippen molar-refractivity contribution in [1.29, 1.82) is 0 Å². The second-order valence-electron chi connectivity index (χ2n) is 5.81. The molecule has 0 aromatic rings. The van der Waals surface area contributed by atoms with E-state index in [-0.39, 0.29) is 18.0 Å². The third-order valence-corrected chi connectivity index (χ3v) is 3.90. The van der Waals surface area contributed by atoms with Crippen LogP contribution in [-0.4, -0.2) is 63.1 Å². The third kappa shape index (κ3) is 7.65. The van der Waals surface area contributed by atoms with Crippen LogP contribution in [0.15, 0.2) is 4.99 Å². The van der Waals surface area contributed by atoms with E-state index in [0.29, 0.717) is 45.6 Å². The predicted molar refractivity (Wildman–Crippen MR) is 89.4 cm³/mol. The molecular weight excluding hydrogens is 298 g/mol. The van der Waals surface area contributed by atoms with Crippen molar-refractivity contribution in [3.63, 3.8) is 0 Å². The summed E-state index contributed by atoms with van der Waals surface area (Å²) in [5.41, 5.74) is -0.0535. The number of esters is 1. The summed E-state index contributed by atoms with van der Waals surface area (Å²) in [4.78, 5) is 15.9. The Morgan fingerprint density at radius 2 is 2.22 bits per heavy atom. The van der Waals surface area contributed by atoms with Crippen LogP contribution in [0, 0.1) is 5.41 Å². The quantitative estimate of drug-likeness (QED) is 0.236. The fraction of sp³-hybridized carbons (Fsp3) is 0.875. The Morgan fingerprint density at radius 1 is 1.39 bits per heavy atom. The van der Waals surface area contributed by atoms with Gasteiger partial charge in [0.15, 0.2) is 5.96 Å². The van der Waals surface area contributed by atoms with E-state index in [0.717, 1.165) is 25.5 Å². The molecule has 0 saturated carbocycles. The van der Waals surface area contributed by atoms with Crippen LogP contribution in [0.2, 0.25) is 0 Å². The molecule has 0 aromatic heterocycles. The highest BCUT2D eigenvalue weighted by atomic mass is 16.5. The summed E-state index contributed by atoms with van der Waals surface area (Å²) in [7, 11) is 0. The summed E-state index contributed by atoms with van der Waals surface area (Å²) in [5, 5.41) is 15.7. The van der Waals surface area contributed by atoms with Crippen LogP contribution in [0.3, 0.4) is 0 Å². The molecule has 1 saturated heterocycles. The molecule has 1 fully saturated rings. The normalized spacial score (nSPS) is 21.3. The average Bonchev–Trinajstić information content (AvgIpc) is 2.98. The molecule has 1 rings (SSSR count). The number of carbonyl (C=O) groups is 1. The smallest absolute Gasteiger partial charge is 0.305 e. The first-order chi connectivity index (χ1) is 11.2. The molecule has 7 nitrogen and oxygen atoms in total. The molecule has 3 N–H and O–H groups in total. The number of guanidine groups is 1. The van der Waals surface area contributed by atoms with E-state index in [4.69, 9.17) is 9.47 Å². The Bertz CT molecular complexity index is 368. The van der Waals surface area contributed by atoms with Crippen molar-refractivity contribution in [3.05, 3.63) is 0 Å². The van der Waals surface area contributed by atoms with Crippen LogP contribution in [0.4, 0.5) is 0 Å². The summed E-state index contributed by atoms with van der Waals surface area (Å²) in [6.45, 7) is 7.84. The molecule has 1 unspecified atom stereocenters. The van der Waals surface area contributed by atoms with Crippen molar-refractivity contribution in [2.75, 3.05) is 46.1 Å². The number of aliphatic hydroxyl groups is 1. The first-order valence-electron chi connectivity index (χ1n) is 8.52. The highest BCUT2D eigenvalue weighted by Gasteiger charge is 2.34. The molecule has 0 radical (unpaired) electrons. The molecule has 0 aliphatic carbocycles. The third-order valence-electron chi connectivity index (χ3n) is 3.90. The van der Waals surface area contributed by atoms with E-state index in [1.165, 1.54) is 0 Å². The molecule has 1 aliphatic rings. The van der Waals surface area contributed by atoms with Gasteiger partial charge in [-0.1, -0.05) is 0 Å². The molecule has 23 heavy (non-hydrogen) atoms. The molecule has 1 heterocycles. The summed E-state index contributed by atoms with van der Waals surface area (Å²) >= 11 is 0. The number of aliphatic imine (C=N–C) groups is 1. The highest BCUT2D eigenvalue weighted by molar-refractivity contribution is 5.79. The molecule has 134 valence electrons. The monoisotopic (exact) mass is 329 g/mol. The predicted octanol–water partition coefficient (Wildman–Crippen LogP) is 0.674. The maximum Gasteiger partial charge on any atom is 0.305 e. The summed E-state index contributed by atoms with van der Waals surface area (Å²) in [6, 6.07) is 0. The number of ether oxygens (including phenoxy) is 2. The fourth-order valence-corrected chi connectivity index (χ4v) is 2.55. The molecule has 0 bridgehead atoms. The summed E-state index contributed by atoms with van der Waals surface area (Å²) < 4.78 is 10.4. The van der Waals surface area contributed by atoms with E-state index in [1.54, 1.807) is 6.92 Å². The van der Waals surface area contributed by atoms with Crippen molar-refractivity contribution >= 4 is 11.9 Å². The van der Waals surface area contributed by atoms with Gasteiger partial charge in [-0.15, -0.1) is 0 Å². The first kappa shape index (κ1) is 19.7. The summed E-state index contributed by atoms with van der Waals surface area (Å²) in [5.74, 6) is 0.571. The Labute approximate surface area is 138 Å². The Hall–Kier alpha value is -1.34. The van der Waals surface area contributed by atoms with E-state index in [9.17, 15) is 9.90 Å². The van der Waals surface area contributed by atoms with Crippen LogP contribution in [-0.2, 0) is 14.3 Å². The van der Waals surface area contributed by atoms with Gasteiger partial charge >= 0.3 is 5.97 Å². The van der Waals surface area contributed by atoms with Crippen molar-refractivity contribution < 1.29 is 19.4 Å². The van der Waals surface area contributed by atoms with Crippen LogP contribution >= 0.6 is 0 Å². The minimum Gasteiger partial charge on any atom is -0.466 e. The topological polar surface area (TPSA) is 92.2 Å². The number of aliphatic hydroxyl groups excluding tert-OH is 1. The second kappa shape index (κ2) is 11.2. The van der Waals surface area contributed by atoms with E-state index >= 15 is 0 Å². The molecule has 0 amide bonds. The molecule has 0 spiro atoms. The van der Waals surface area contributed by atoms with Gasteiger partial charge in [-0.05, 0) is 33.1 Å². The highest BCUT2D eigenvalue weighted by Crippen LogP contribution is 2.32. The largest absolute Gasteiger partial charge is 0.466 e. The minimum atomic E-state index is -0.166. The Balaban J connectivity index is 2.41. The Morgan fingerprint density at radius 3 is 2.83 bits per heavy atom. The zero-order chi connectivity index (χ0) is 17.0. The fourth-order valence-electron chi connectivity index (χ4n) is 2.55. The van der Waals surface area contributed by atoms with Crippen LogP contribution < -0.4 is 10.6 Å². The van der Waals surface area contributed by atoms with E-state index in [1.807, 2.05) is 6.92 Å².